The van der Waals surface area contributed by atoms with Crippen LogP contribution in [0, 0.1) is 17.2 Å². The quantitative estimate of drug-likeness (QED) is 0.825. The molecule has 1 aromatic heterocycles. The molecule has 3 nitrogen and oxygen atoms in total. The Bertz CT molecular complexity index is 386. The van der Waals surface area contributed by atoms with Gasteiger partial charge in [0.15, 0.2) is 5.69 Å². The maximum atomic E-state index is 8.94. The molecule has 0 unspecified atom stereocenters. The summed E-state index contributed by atoms with van der Waals surface area (Å²) in [4.78, 5) is 4.05. The molecule has 3 heteroatoms. The molecule has 84 valence electrons. The van der Waals surface area contributed by atoms with E-state index >= 15 is 0 Å². The number of nitrogens with one attached hydrogen (secondary N) is 1. The van der Waals surface area contributed by atoms with Crippen LogP contribution in [0.3, 0.4) is 0 Å². The van der Waals surface area contributed by atoms with Crippen LogP contribution in [0.2, 0.25) is 0 Å². The highest BCUT2D eigenvalue weighted by molar-refractivity contribution is 5.53. The smallest absolute Gasteiger partial charge is 0.163 e. The fourth-order valence-electron chi connectivity index (χ4n) is 2.24. The van der Waals surface area contributed by atoms with Crippen molar-refractivity contribution in [2.24, 2.45) is 5.92 Å². The highest BCUT2D eigenvalue weighted by Crippen LogP contribution is 2.26. The second-order valence-corrected chi connectivity index (χ2v) is 4.61. The van der Waals surface area contributed by atoms with Gasteiger partial charge < -0.3 is 5.32 Å². The summed E-state index contributed by atoms with van der Waals surface area (Å²) in [6.07, 6.45) is 6.61. The van der Waals surface area contributed by atoms with E-state index in [1.807, 2.05) is 12.1 Å². The fraction of sp³-hybridized carbons (Fsp3) is 0.538. The van der Waals surface area contributed by atoms with E-state index < -0.39 is 0 Å². The van der Waals surface area contributed by atoms with Gasteiger partial charge in [0.1, 0.15) is 6.07 Å². The van der Waals surface area contributed by atoms with Crippen LogP contribution in [0.4, 0.5) is 5.69 Å². The summed E-state index contributed by atoms with van der Waals surface area (Å²) in [5, 5.41) is 12.4. The van der Waals surface area contributed by atoms with Crippen molar-refractivity contribution >= 4 is 5.69 Å². The molecule has 1 heterocycles. The molecule has 1 aliphatic rings. The first kappa shape index (κ1) is 10.9. The van der Waals surface area contributed by atoms with Gasteiger partial charge >= 0.3 is 0 Å². The van der Waals surface area contributed by atoms with E-state index in [0.29, 0.717) is 11.7 Å². The van der Waals surface area contributed by atoms with Crippen LogP contribution < -0.4 is 5.32 Å². The third-order valence-corrected chi connectivity index (χ3v) is 3.29. The highest BCUT2D eigenvalue weighted by atomic mass is 14.9. The zero-order valence-electron chi connectivity index (χ0n) is 9.61. The van der Waals surface area contributed by atoms with Gasteiger partial charge in [-0.05, 0) is 43.7 Å². The predicted octanol–water partition coefficient (Wildman–Crippen LogP) is 2.94. The Morgan fingerprint density at radius 1 is 1.38 bits per heavy atom. The summed E-state index contributed by atoms with van der Waals surface area (Å²) in [6, 6.07) is 6.43. The number of pyridine rings is 1. The topological polar surface area (TPSA) is 48.7 Å². The van der Waals surface area contributed by atoms with Gasteiger partial charge in [-0.15, -0.1) is 0 Å². The second-order valence-electron chi connectivity index (χ2n) is 4.61. The molecule has 0 aromatic carbocycles. The van der Waals surface area contributed by atoms with Crippen LogP contribution in [0.15, 0.2) is 18.3 Å². The lowest BCUT2D eigenvalue weighted by molar-refractivity contribution is 0.361. The Balaban J connectivity index is 2.01. The Hall–Kier alpha value is -1.56. The third-order valence-electron chi connectivity index (χ3n) is 3.29. The lowest BCUT2D eigenvalue weighted by atomic mass is 9.87. The molecule has 0 bridgehead atoms. The lowest BCUT2D eigenvalue weighted by Crippen LogP contribution is -2.25. The van der Waals surface area contributed by atoms with E-state index in [-0.39, 0.29) is 0 Å². The molecule has 0 radical (unpaired) electrons. The number of hydrogen-bond donors (Lipinski definition) is 1. The van der Waals surface area contributed by atoms with Crippen molar-refractivity contribution in [1.82, 2.24) is 4.98 Å². The van der Waals surface area contributed by atoms with Crippen molar-refractivity contribution in [2.75, 3.05) is 5.32 Å². The van der Waals surface area contributed by atoms with E-state index in [9.17, 15) is 0 Å². The van der Waals surface area contributed by atoms with Gasteiger partial charge in [0.05, 0.1) is 5.69 Å². The van der Waals surface area contributed by atoms with E-state index in [4.69, 9.17) is 5.26 Å². The Morgan fingerprint density at radius 3 is 2.81 bits per heavy atom. The van der Waals surface area contributed by atoms with E-state index in [1.165, 1.54) is 25.7 Å². The van der Waals surface area contributed by atoms with Gasteiger partial charge in [0.25, 0.3) is 0 Å². The van der Waals surface area contributed by atoms with Gasteiger partial charge in [-0.1, -0.05) is 6.92 Å². The number of aromatic nitrogens is 1. The minimum absolute atomic E-state index is 0.501. The monoisotopic (exact) mass is 215 g/mol. The lowest BCUT2D eigenvalue weighted by Gasteiger charge is -2.27. The van der Waals surface area contributed by atoms with Crippen LogP contribution in [-0.4, -0.2) is 11.0 Å². The van der Waals surface area contributed by atoms with Gasteiger partial charge in [-0.2, -0.15) is 5.26 Å². The van der Waals surface area contributed by atoms with Crippen molar-refractivity contribution in [3.05, 3.63) is 24.0 Å². The zero-order chi connectivity index (χ0) is 11.4. The SMILES string of the molecule is CC1CCC(Nc2cccnc2C#N)CC1. The molecular formula is C13H17N3. The summed E-state index contributed by atoms with van der Waals surface area (Å²) in [5.41, 5.74) is 1.38. The van der Waals surface area contributed by atoms with Gasteiger partial charge in [-0.25, -0.2) is 4.98 Å². The molecule has 0 amide bonds. The first-order valence-corrected chi connectivity index (χ1v) is 5.91. The van der Waals surface area contributed by atoms with Crippen molar-refractivity contribution in [3.8, 4) is 6.07 Å². The van der Waals surface area contributed by atoms with E-state index in [1.54, 1.807) is 6.20 Å². The maximum absolute atomic E-state index is 8.94. The van der Waals surface area contributed by atoms with Crippen molar-refractivity contribution in [1.29, 1.82) is 5.26 Å². The molecule has 1 saturated carbocycles. The standard InChI is InChI=1S/C13H17N3/c1-10-4-6-11(7-5-10)16-12-3-2-8-15-13(12)9-14/h2-3,8,10-11,16H,4-7H2,1H3. The van der Waals surface area contributed by atoms with Crippen LogP contribution in [-0.2, 0) is 0 Å². The number of anilines is 1. The Labute approximate surface area is 96.5 Å². The zero-order valence-corrected chi connectivity index (χ0v) is 9.61. The van der Waals surface area contributed by atoms with Crippen LogP contribution in [0.25, 0.3) is 0 Å². The average molecular weight is 215 g/mol. The summed E-state index contributed by atoms with van der Waals surface area (Å²) in [6.45, 7) is 2.31. The molecule has 16 heavy (non-hydrogen) atoms. The number of hydrogen-bond acceptors (Lipinski definition) is 3. The van der Waals surface area contributed by atoms with Crippen molar-refractivity contribution < 1.29 is 0 Å². The normalized spacial score (nSPS) is 24.8. The Kier molecular flexibility index (Phi) is 3.40. The molecule has 0 spiro atoms. The predicted molar refractivity (Wildman–Crippen MR) is 64.0 cm³/mol. The number of nitrogens with zero attached hydrogens (tertiary/aromatic N) is 2. The van der Waals surface area contributed by atoms with Crippen LogP contribution in [0.5, 0.6) is 0 Å². The van der Waals surface area contributed by atoms with Gasteiger partial charge in [0, 0.05) is 12.2 Å². The largest absolute Gasteiger partial charge is 0.380 e. The van der Waals surface area contributed by atoms with Gasteiger partial charge in [-0.3, -0.25) is 0 Å². The number of rotatable bonds is 2. The highest BCUT2D eigenvalue weighted by Gasteiger charge is 2.18. The molecule has 1 aliphatic carbocycles. The minimum atomic E-state index is 0.501. The van der Waals surface area contributed by atoms with E-state index in [0.717, 1.165) is 11.6 Å². The van der Waals surface area contributed by atoms with E-state index in [2.05, 4.69) is 23.3 Å². The van der Waals surface area contributed by atoms with Crippen molar-refractivity contribution in [2.45, 2.75) is 38.6 Å². The molecule has 1 fully saturated rings. The molecule has 0 atom stereocenters. The van der Waals surface area contributed by atoms with Crippen LogP contribution >= 0.6 is 0 Å². The maximum Gasteiger partial charge on any atom is 0.163 e. The molecular weight excluding hydrogens is 198 g/mol. The first-order valence-electron chi connectivity index (χ1n) is 5.91. The Morgan fingerprint density at radius 2 is 2.12 bits per heavy atom. The fourth-order valence-corrected chi connectivity index (χ4v) is 2.24. The molecule has 1 aromatic rings. The first-order chi connectivity index (χ1) is 7.79. The van der Waals surface area contributed by atoms with Gasteiger partial charge in [0.2, 0.25) is 0 Å². The third kappa shape index (κ3) is 2.52. The van der Waals surface area contributed by atoms with Crippen LogP contribution in [0.1, 0.15) is 38.3 Å². The van der Waals surface area contributed by atoms with Crippen molar-refractivity contribution in [3.63, 3.8) is 0 Å². The average Bonchev–Trinajstić information content (AvgIpc) is 2.33. The summed E-state index contributed by atoms with van der Waals surface area (Å²) >= 11 is 0. The second kappa shape index (κ2) is 4.98. The summed E-state index contributed by atoms with van der Waals surface area (Å²) < 4.78 is 0. The summed E-state index contributed by atoms with van der Waals surface area (Å²) in [5.74, 6) is 0.849. The minimum Gasteiger partial charge on any atom is -0.380 e. The molecule has 0 aliphatic heterocycles. The molecule has 2 rings (SSSR count). The molecule has 1 N–H and O–H groups in total. The molecule has 0 saturated heterocycles. The summed E-state index contributed by atoms with van der Waals surface area (Å²) in [7, 11) is 0. The number of nitriles is 1.